The first kappa shape index (κ1) is 14.9. The molecule has 0 heterocycles. The van der Waals surface area contributed by atoms with E-state index in [1.807, 2.05) is 19.1 Å². The van der Waals surface area contributed by atoms with E-state index in [2.05, 4.69) is 10.6 Å². The summed E-state index contributed by atoms with van der Waals surface area (Å²) < 4.78 is 39.2. The van der Waals surface area contributed by atoms with E-state index in [0.29, 0.717) is 5.69 Å². The molecule has 110 valence electrons. The normalized spacial score (nSPS) is 10.3. The van der Waals surface area contributed by atoms with Gasteiger partial charge in [0.05, 0.1) is 5.69 Å². The van der Waals surface area contributed by atoms with E-state index in [1.54, 1.807) is 12.1 Å². The van der Waals surface area contributed by atoms with Crippen LogP contribution in [-0.2, 0) is 6.42 Å². The fraction of sp³-hybridized carbons (Fsp3) is 0.133. The van der Waals surface area contributed by atoms with Gasteiger partial charge in [0.25, 0.3) is 0 Å². The number of urea groups is 1. The number of carbonyl (C=O) groups is 1. The number of benzene rings is 2. The van der Waals surface area contributed by atoms with Crippen molar-refractivity contribution in [3.05, 3.63) is 59.4 Å². The maximum absolute atomic E-state index is 13.4. The number of amides is 2. The van der Waals surface area contributed by atoms with Crippen LogP contribution in [0.25, 0.3) is 0 Å². The van der Waals surface area contributed by atoms with Gasteiger partial charge in [-0.3, -0.25) is 0 Å². The van der Waals surface area contributed by atoms with E-state index < -0.39 is 29.2 Å². The minimum atomic E-state index is -1.62. The summed E-state index contributed by atoms with van der Waals surface area (Å²) in [7, 11) is 0. The summed E-state index contributed by atoms with van der Waals surface area (Å²) in [5.74, 6) is -4.37. The second-order valence-electron chi connectivity index (χ2n) is 4.35. The number of hydrogen-bond acceptors (Lipinski definition) is 1. The van der Waals surface area contributed by atoms with Crippen molar-refractivity contribution >= 4 is 17.4 Å². The van der Waals surface area contributed by atoms with Gasteiger partial charge in [0.1, 0.15) is 0 Å². The summed E-state index contributed by atoms with van der Waals surface area (Å²) in [4.78, 5) is 11.7. The third-order valence-electron chi connectivity index (χ3n) is 2.90. The van der Waals surface area contributed by atoms with Crippen LogP contribution in [0.3, 0.4) is 0 Å². The maximum Gasteiger partial charge on any atom is 0.323 e. The van der Waals surface area contributed by atoms with Crippen LogP contribution in [0.4, 0.5) is 29.3 Å². The van der Waals surface area contributed by atoms with Crippen molar-refractivity contribution < 1.29 is 18.0 Å². The Hall–Kier alpha value is -2.50. The molecule has 0 aliphatic carbocycles. The molecule has 0 saturated heterocycles. The fourth-order valence-corrected chi connectivity index (χ4v) is 1.73. The van der Waals surface area contributed by atoms with Crippen molar-refractivity contribution in [1.29, 1.82) is 0 Å². The van der Waals surface area contributed by atoms with Crippen LogP contribution in [0.2, 0.25) is 0 Å². The molecule has 0 atom stereocenters. The van der Waals surface area contributed by atoms with E-state index in [9.17, 15) is 18.0 Å². The molecule has 21 heavy (non-hydrogen) atoms. The van der Waals surface area contributed by atoms with Gasteiger partial charge in [-0.1, -0.05) is 19.1 Å². The van der Waals surface area contributed by atoms with Crippen LogP contribution in [0, 0.1) is 17.5 Å². The van der Waals surface area contributed by atoms with Crippen LogP contribution >= 0.6 is 0 Å². The predicted molar refractivity (Wildman–Crippen MR) is 74.8 cm³/mol. The maximum atomic E-state index is 13.4. The Bertz CT molecular complexity index is 657. The monoisotopic (exact) mass is 294 g/mol. The highest BCUT2D eigenvalue weighted by Gasteiger charge is 2.15. The number of halogens is 3. The average molecular weight is 294 g/mol. The summed E-state index contributed by atoms with van der Waals surface area (Å²) in [5.41, 5.74) is 1.18. The number of hydrogen-bond donors (Lipinski definition) is 2. The molecule has 2 N–H and O–H groups in total. The molecule has 0 aliphatic rings. The molecule has 3 nitrogen and oxygen atoms in total. The smallest absolute Gasteiger partial charge is 0.308 e. The molecule has 2 aromatic rings. The molecule has 0 unspecified atom stereocenters. The first-order valence-corrected chi connectivity index (χ1v) is 6.31. The molecule has 0 aliphatic heterocycles. The van der Waals surface area contributed by atoms with Crippen molar-refractivity contribution in [3.63, 3.8) is 0 Å². The highest BCUT2D eigenvalue weighted by molar-refractivity contribution is 5.99. The van der Waals surface area contributed by atoms with Crippen LogP contribution < -0.4 is 10.6 Å². The second kappa shape index (κ2) is 6.30. The van der Waals surface area contributed by atoms with Crippen LogP contribution in [0.5, 0.6) is 0 Å². The van der Waals surface area contributed by atoms with Gasteiger partial charge in [-0.2, -0.15) is 0 Å². The third-order valence-corrected chi connectivity index (χ3v) is 2.90. The first-order valence-electron chi connectivity index (χ1n) is 6.31. The quantitative estimate of drug-likeness (QED) is 0.814. The van der Waals surface area contributed by atoms with Crippen molar-refractivity contribution in [2.45, 2.75) is 13.3 Å². The molecule has 0 spiro atoms. The summed E-state index contributed by atoms with van der Waals surface area (Å²) in [6.07, 6.45) is 0.868. The molecule has 0 radical (unpaired) electrons. The molecule has 2 amide bonds. The topological polar surface area (TPSA) is 41.1 Å². The zero-order chi connectivity index (χ0) is 15.4. The van der Waals surface area contributed by atoms with Crippen LogP contribution in [0.15, 0.2) is 36.4 Å². The Morgan fingerprint density at radius 2 is 1.62 bits per heavy atom. The molecular weight excluding hydrogens is 281 g/mol. The minimum Gasteiger partial charge on any atom is -0.308 e. The molecule has 0 bridgehead atoms. The van der Waals surface area contributed by atoms with Crippen molar-refractivity contribution in [2.75, 3.05) is 10.6 Å². The lowest BCUT2D eigenvalue weighted by Gasteiger charge is -2.09. The number of nitrogens with one attached hydrogen (secondary N) is 2. The first-order chi connectivity index (χ1) is 10.0. The SMILES string of the molecule is CCc1ccc(NC(=O)Nc2ccc(F)c(F)c2F)cc1. The Morgan fingerprint density at radius 3 is 2.24 bits per heavy atom. The lowest BCUT2D eigenvalue weighted by Crippen LogP contribution is -2.20. The zero-order valence-corrected chi connectivity index (χ0v) is 11.2. The number of aryl methyl sites for hydroxylation is 1. The fourth-order valence-electron chi connectivity index (χ4n) is 1.73. The van der Waals surface area contributed by atoms with Crippen molar-refractivity contribution in [1.82, 2.24) is 0 Å². The highest BCUT2D eigenvalue weighted by Crippen LogP contribution is 2.20. The Kier molecular flexibility index (Phi) is 4.47. The Balaban J connectivity index is 2.06. The molecular formula is C15H13F3N2O. The average Bonchev–Trinajstić information content (AvgIpc) is 2.49. The molecule has 0 fully saturated rings. The predicted octanol–water partition coefficient (Wildman–Crippen LogP) is 4.31. The second-order valence-corrected chi connectivity index (χ2v) is 4.35. The largest absolute Gasteiger partial charge is 0.323 e. The van der Waals surface area contributed by atoms with Gasteiger partial charge >= 0.3 is 6.03 Å². The summed E-state index contributed by atoms with van der Waals surface area (Å²) >= 11 is 0. The van der Waals surface area contributed by atoms with Crippen molar-refractivity contribution in [2.24, 2.45) is 0 Å². The number of anilines is 2. The Labute approximate surface area is 119 Å². The number of rotatable bonds is 3. The van der Waals surface area contributed by atoms with Gasteiger partial charge in [0, 0.05) is 5.69 Å². The lowest BCUT2D eigenvalue weighted by atomic mass is 10.1. The van der Waals surface area contributed by atoms with Gasteiger partial charge in [-0.25, -0.2) is 18.0 Å². The molecule has 2 aromatic carbocycles. The third kappa shape index (κ3) is 3.53. The van der Waals surface area contributed by atoms with E-state index in [-0.39, 0.29) is 0 Å². The summed E-state index contributed by atoms with van der Waals surface area (Å²) in [6.45, 7) is 2.00. The standard InChI is InChI=1S/C15H13F3N2O/c1-2-9-3-5-10(6-4-9)19-15(21)20-12-8-7-11(16)13(17)14(12)18/h3-8H,2H2,1H3,(H2,19,20,21). The summed E-state index contributed by atoms with van der Waals surface area (Å²) in [5, 5.41) is 4.59. The molecule has 0 saturated carbocycles. The van der Waals surface area contributed by atoms with E-state index in [1.165, 1.54) is 0 Å². The van der Waals surface area contributed by atoms with E-state index >= 15 is 0 Å². The molecule has 2 rings (SSSR count). The van der Waals surface area contributed by atoms with Crippen molar-refractivity contribution in [3.8, 4) is 0 Å². The number of carbonyl (C=O) groups excluding carboxylic acids is 1. The van der Waals surface area contributed by atoms with E-state index in [4.69, 9.17) is 0 Å². The Morgan fingerprint density at radius 1 is 0.952 bits per heavy atom. The zero-order valence-electron chi connectivity index (χ0n) is 11.2. The van der Waals surface area contributed by atoms with Gasteiger partial charge < -0.3 is 10.6 Å². The van der Waals surface area contributed by atoms with Crippen LogP contribution in [-0.4, -0.2) is 6.03 Å². The minimum absolute atomic E-state index is 0.434. The van der Waals surface area contributed by atoms with Gasteiger partial charge in [-0.15, -0.1) is 0 Å². The summed E-state index contributed by atoms with van der Waals surface area (Å²) in [6, 6.07) is 8.02. The van der Waals surface area contributed by atoms with Gasteiger partial charge in [-0.05, 0) is 36.2 Å². The molecule has 0 aromatic heterocycles. The van der Waals surface area contributed by atoms with Gasteiger partial charge in [0.2, 0.25) is 0 Å². The van der Waals surface area contributed by atoms with Crippen LogP contribution in [0.1, 0.15) is 12.5 Å². The highest BCUT2D eigenvalue weighted by atomic mass is 19.2. The van der Waals surface area contributed by atoms with Gasteiger partial charge in [0.15, 0.2) is 17.5 Å². The lowest BCUT2D eigenvalue weighted by molar-refractivity contribution is 0.262. The molecule has 6 heteroatoms. The van der Waals surface area contributed by atoms with E-state index in [0.717, 1.165) is 24.1 Å².